The van der Waals surface area contributed by atoms with E-state index in [1.807, 2.05) is 13.0 Å². The number of hydrogen-bond donors (Lipinski definition) is 1. The number of halogens is 2. The summed E-state index contributed by atoms with van der Waals surface area (Å²) < 4.78 is 0. The highest BCUT2D eigenvalue weighted by atomic mass is 35.5. The van der Waals surface area contributed by atoms with Gasteiger partial charge in [0.15, 0.2) is 0 Å². The first-order valence-corrected chi connectivity index (χ1v) is 3.96. The number of aryl methyl sites for hydroxylation is 1. The average Bonchev–Trinajstić information content (AvgIpc) is 1.84. The summed E-state index contributed by atoms with van der Waals surface area (Å²) >= 11 is 15.6. The van der Waals surface area contributed by atoms with Gasteiger partial charge in [-0.2, -0.15) is 0 Å². The summed E-state index contributed by atoms with van der Waals surface area (Å²) in [6.45, 7) is 1.92. The van der Waals surface area contributed by atoms with Gasteiger partial charge in [-0.1, -0.05) is 23.2 Å². The standard InChI is InChI=1S/C7H6Cl2S/c1-4-2-7(10)6(9)3-5(4)8/h2-3,10H,1H3. The Hall–Kier alpha value is 0.150. The molecule has 0 heterocycles. The van der Waals surface area contributed by atoms with E-state index in [2.05, 4.69) is 12.6 Å². The number of rotatable bonds is 0. The monoisotopic (exact) mass is 192 g/mol. The molecule has 1 aromatic rings. The Morgan fingerprint density at radius 1 is 1.20 bits per heavy atom. The predicted molar refractivity (Wildman–Crippen MR) is 48.5 cm³/mol. The van der Waals surface area contributed by atoms with Crippen molar-refractivity contribution in [2.45, 2.75) is 11.8 Å². The van der Waals surface area contributed by atoms with Gasteiger partial charge in [-0.15, -0.1) is 12.6 Å². The molecule has 0 unspecified atom stereocenters. The minimum Gasteiger partial charge on any atom is -0.142 e. The van der Waals surface area contributed by atoms with E-state index in [0.717, 1.165) is 10.5 Å². The molecule has 0 radical (unpaired) electrons. The number of thiol groups is 1. The van der Waals surface area contributed by atoms with Crippen LogP contribution in [0.1, 0.15) is 5.56 Å². The molecule has 0 amide bonds. The molecular weight excluding hydrogens is 187 g/mol. The lowest BCUT2D eigenvalue weighted by Crippen LogP contribution is -1.76. The topological polar surface area (TPSA) is 0 Å². The van der Waals surface area contributed by atoms with E-state index in [4.69, 9.17) is 23.2 Å². The number of benzene rings is 1. The molecule has 0 bridgehead atoms. The van der Waals surface area contributed by atoms with Crippen molar-refractivity contribution in [2.24, 2.45) is 0 Å². The molecule has 1 rings (SSSR count). The maximum Gasteiger partial charge on any atom is 0.0554 e. The maximum absolute atomic E-state index is 5.77. The third kappa shape index (κ3) is 1.60. The van der Waals surface area contributed by atoms with Crippen molar-refractivity contribution in [1.82, 2.24) is 0 Å². The van der Waals surface area contributed by atoms with Crippen LogP contribution in [0.4, 0.5) is 0 Å². The predicted octanol–water partition coefficient (Wildman–Crippen LogP) is 3.59. The van der Waals surface area contributed by atoms with E-state index >= 15 is 0 Å². The van der Waals surface area contributed by atoms with Gasteiger partial charge >= 0.3 is 0 Å². The quantitative estimate of drug-likeness (QED) is 0.598. The molecule has 0 aliphatic heterocycles. The Labute approximate surface area is 75.6 Å². The van der Waals surface area contributed by atoms with Crippen LogP contribution in [0.25, 0.3) is 0 Å². The summed E-state index contributed by atoms with van der Waals surface area (Å²) in [5.41, 5.74) is 0.996. The summed E-state index contributed by atoms with van der Waals surface area (Å²) in [4.78, 5) is 0.767. The first kappa shape index (κ1) is 8.25. The zero-order valence-electron chi connectivity index (χ0n) is 5.36. The van der Waals surface area contributed by atoms with Crippen molar-refractivity contribution in [3.8, 4) is 0 Å². The molecule has 0 saturated carbocycles. The zero-order valence-corrected chi connectivity index (χ0v) is 7.76. The summed E-state index contributed by atoms with van der Waals surface area (Å²) in [6.07, 6.45) is 0. The molecule has 0 aromatic heterocycles. The minimum atomic E-state index is 0.596. The first-order valence-electron chi connectivity index (χ1n) is 2.76. The van der Waals surface area contributed by atoms with Crippen LogP contribution < -0.4 is 0 Å². The second kappa shape index (κ2) is 3.04. The van der Waals surface area contributed by atoms with Crippen LogP contribution in [0.2, 0.25) is 10.0 Å². The molecule has 0 fully saturated rings. The third-order valence-electron chi connectivity index (χ3n) is 1.23. The smallest absolute Gasteiger partial charge is 0.0554 e. The van der Waals surface area contributed by atoms with Crippen molar-refractivity contribution >= 4 is 35.8 Å². The van der Waals surface area contributed by atoms with E-state index in [-0.39, 0.29) is 0 Å². The fraction of sp³-hybridized carbons (Fsp3) is 0.143. The maximum atomic E-state index is 5.77. The highest BCUT2D eigenvalue weighted by molar-refractivity contribution is 7.80. The van der Waals surface area contributed by atoms with Gasteiger partial charge in [0.05, 0.1) is 5.02 Å². The van der Waals surface area contributed by atoms with E-state index in [1.165, 1.54) is 0 Å². The fourth-order valence-corrected chi connectivity index (χ4v) is 1.28. The Kier molecular flexibility index (Phi) is 2.50. The normalized spacial score (nSPS) is 10.0. The van der Waals surface area contributed by atoms with Crippen molar-refractivity contribution < 1.29 is 0 Å². The van der Waals surface area contributed by atoms with Crippen LogP contribution in [0.5, 0.6) is 0 Å². The second-order valence-corrected chi connectivity index (χ2v) is 3.35. The van der Waals surface area contributed by atoms with Crippen LogP contribution >= 0.6 is 35.8 Å². The van der Waals surface area contributed by atoms with Gasteiger partial charge in [0.1, 0.15) is 0 Å². The van der Waals surface area contributed by atoms with Gasteiger partial charge in [-0.3, -0.25) is 0 Å². The van der Waals surface area contributed by atoms with Crippen molar-refractivity contribution in [2.75, 3.05) is 0 Å². The van der Waals surface area contributed by atoms with E-state index < -0.39 is 0 Å². The van der Waals surface area contributed by atoms with Crippen LogP contribution in [-0.4, -0.2) is 0 Å². The lowest BCUT2D eigenvalue weighted by atomic mass is 10.2. The molecule has 54 valence electrons. The van der Waals surface area contributed by atoms with E-state index in [0.29, 0.717) is 10.0 Å². The second-order valence-electron chi connectivity index (χ2n) is 2.05. The van der Waals surface area contributed by atoms with E-state index in [9.17, 15) is 0 Å². The summed E-state index contributed by atoms with van der Waals surface area (Å²) in [6, 6.07) is 3.54. The van der Waals surface area contributed by atoms with Crippen LogP contribution in [0.3, 0.4) is 0 Å². The van der Waals surface area contributed by atoms with Gasteiger partial charge in [0.2, 0.25) is 0 Å². The molecule has 0 aliphatic carbocycles. The lowest BCUT2D eigenvalue weighted by Gasteiger charge is -2.00. The average molecular weight is 193 g/mol. The van der Waals surface area contributed by atoms with Crippen molar-refractivity contribution in [3.63, 3.8) is 0 Å². The van der Waals surface area contributed by atoms with Crippen LogP contribution in [0, 0.1) is 6.92 Å². The highest BCUT2D eigenvalue weighted by Gasteiger charge is 1.99. The van der Waals surface area contributed by atoms with Gasteiger partial charge in [0, 0.05) is 9.92 Å². The zero-order chi connectivity index (χ0) is 7.72. The van der Waals surface area contributed by atoms with Gasteiger partial charge in [-0.25, -0.2) is 0 Å². The number of hydrogen-bond acceptors (Lipinski definition) is 1. The van der Waals surface area contributed by atoms with Gasteiger partial charge in [-0.05, 0) is 24.6 Å². The Morgan fingerprint density at radius 2 is 1.80 bits per heavy atom. The van der Waals surface area contributed by atoms with Gasteiger partial charge < -0.3 is 0 Å². The van der Waals surface area contributed by atoms with E-state index in [1.54, 1.807) is 6.07 Å². The highest BCUT2D eigenvalue weighted by Crippen LogP contribution is 2.26. The molecule has 10 heavy (non-hydrogen) atoms. The molecule has 0 spiro atoms. The Morgan fingerprint density at radius 3 is 2.30 bits per heavy atom. The molecule has 0 N–H and O–H groups in total. The Bertz CT molecular complexity index is 208. The van der Waals surface area contributed by atoms with Gasteiger partial charge in [0.25, 0.3) is 0 Å². The Balaban J connectivity index is 3.28. The van der Waals surface area contributed by atoms with Crippen molar-refractivity contribution in [1.29, 1.82) is 0 Å². The molecule has 0 atom stereocenters. The molecular formula is C7H6Cl2S. The first-order chi connectivity index (χ1) is 4.61. The fourth-order valence-electron chi connectivity index (χ4n) is 0.642. The summed E-state index contributed by atoms with van der Waals surface area (Å²) in [5, 5.41) is 1.28. The summed E-state index contributed by atoms with van der Waals surface area (Å²) in [7, 11) is 0. The molecule has 3 heteroatoms. The molecule has 0 nitrogen and oxygen atoms in total. The van der Waals surface area contributed by atoms with Crippen LogP contribution in [-0.2, 0) is 0 Å². The van der Waals surface area contributed by atoms with Crippen molar-refractivity contribution in [3.05, 3.63) is 27.7 Å². The molecule has 0 saturated heterocycles. The SMILES string of the molecule is Cc1cc(S)c(Cl)cc1Cl. The minimum absolute atomic E-state index is 0.596. The summed E-state index contributed by atoms with van der Waals surface area (Å²) in [5.74, 6) is 0. The lowest BCUT2D eigenvalue weighted by molar-refractivity contribution is 1.37. The largest absolute Gasteiger partial charge is 0.142 e. The molecule has 0 aliphatic rings. The third-order valence-corrected chi connectivity index (χ3v) is 2.45. The molecule has 1 aromatic carbocycles. The van der Waals surface area contributed by atoms with Crippen LogP contribution in [0.15, 0.2) is 17.0 Å².